The SMILES string of the molecule is Clc1cccc(-c2cnc(CSc3nnc(-c4cccnc4)n3Cc3ccco3)o2)c1. The summed E-state index contributed by atoms with van der Waals surface area (Å²) < 4.78 is 13.4. The molecule has 9 heteroatoms. The molecule has 0 fully saturated rings. The third kappa shape index (κ3) is 4.40. The van der Waals surface area contributed by atoms with E-state index in [-0.39, 0.29) is 0 Å². The molecule has 0 saturated carbocycles. The predicted molar refractivity (Wildman–Crippen MR) is 118 cm³/mol. The molecule has 1 aromatic carbocycles. The normalized spacial score (nSPS) is 11.1. The second kappa shape index (κ2) is 8.79. The fourth-order valence-corrected chi connectivity index (χ4v) is 4.07. The summed E-state index contributed by atoms with van der Waals surface area (Å²) in [7, 11) is 0. The number of thioether (sulfide) groups is 1. The lowest BCUT2D eigenvalue weighted by Gasteiger charge is -2.08. The van der Waals surface area contributed by atoms with Crippen LogP contribution in [0.2, 0.25) is 5.02 Å². The molecule has 0 atom stereocenters. The predicted octanol–water partition coefficient (Wildman–Crippen LogP) is 5.58. The maximum absolute atomic E-state index is 6.07. The highest BCUT2D eigenvalue weighted by atomic mass is 35.5. The largest absolute Gasteiger partial charge is 0.467 e. The van der Waals surface area contributed by atoms with E-state index >= 15 is 0 Å². The Bertz CT molecular complexity index is 1280. The van der Waals surface area contributed by atoms with Gasteiger partial charge in [-0.3, -0.25) is 9.55 Å². The first kappa shape index (κ1) is 19.6. The Balaban J connectivity index is 1.39. The van der Waals surface area contributed by atoms with Crippen molar-refractivity contribution in [3.05, 3.63) is 90.1 Å². The van der Waals surface area contributed by atoms with Gasteiger partial charge in [-0.25, -0.2) is 4.98 Å². The van der Waals surface area contributed by atoms with E-state index in [1.54, 1.807) is 24.9 Å². The van der Waals surface area contributed by atoms with Gasteiger partial charge in [-0.1, -0.05) is 35.5 Å². The second-order valence-corrected chi connectivity index (χ2v) is 8.01. The van der Waals surface area contributed by atoms with Gasteiger partial charge in [0.15, 0.2) is 16.7 Å². The molecule has 31 heavy (non-hydrogen) atoms. The number of hydrogen-bond acceptors (Lipinski definition) is 7. The molecule has 5 aromatic rings. The van der Waals surface area contributed by atoms with Crippen LogP contribution in [0.1, 0.15) is 11.7 Å². The molecule has 0 bridgehead atoms. The molecule has 154 valence electrons. The monoisotopic (exact) mass is 449 g/mol. The minimum atomic E-state index is 0.504. The van der Waals surface area contributed by atoms with Crippen LogP contribution in [0.15, 0.2) is 87.4 Å². The molecule has 0 aliphatic rings. The maximum Gasteiger partial charge on any atom is 0.205 e. The van der Waals surface area contributed by atoms with Gasteiger partial charge in [-0.15, -0.1) is 10.2 Å². The van der Waals surface area contributed by atoms with Crippen molar-refractivity contribution in [2.24, 2.45) is 0 Å². The van der Waals surface area contributed by atoms with Crippen LogP contribution in [0.4, 0.5) is 0 Å². The highest BCUT2D eigenvalue weighted by Gasteiger charge is 2.17. The number of rotatable bonds is 7. The Kier molecular flexibility index (Phi) is 5.56. The Morgan fingerprint density at radius 2 is 1.94 bits per heavy atom. The van der Waals surface area contributed by atoms with E-state index in [1.165, 1.54) is 11.8 Å². The number of aromatic nitrogens is 5. The summed E-state index contributed by atoms with van der Waals surface area (Å²) in [5, 5.41) is 10.2. The maximum atomic E-state index is 6.07. The molecule has 0 N–H and O–H groups in total. The molecule has 4 aromatic heterocycles. The molecular formula is C22H16ClN5O2S. The van der Waals surface area contributed by atoms with E-state index in [1.807, 2.05) is 53.1 Å². The smallest absolute Gasteiger partial charge is 0.205 e. The van der Waals surface area contributed by atoms with Crippen LogP contribution in [0.25, 0.3) is 22.7 Å². The average molecular weight is 450 g/mol. The molecular weight excluding hydrogens is 434 g/mol. The van der Waals surface area contributed by atoms with Gasteiger partial charge >= 0.3 is 0 Å². The number of halogens is 1. The third-order valence-electron chi connectivity index (χ3n) is 4.52. The average Bonchev–Trinajstić information content (AvgIpc) is 3.55. The van der Waals surface area contributed by atoms with Gasteiger partial charge in [-0.05, 0) is 36.4 Å². The Morgan fingerprint density at radius 3 is 2.74 bits per heavy atom. The summed E-state index contributed by atoms with van der Waals surface area (Å²) in [6, 6.07) is 15.1. The van der Waals surface area contributed by atoms with Crippen molar-refractivity contribution >= 4 is 23.4 Å². The lowest BCUT2D eigenvalue weighted by atomic mass is 10.2. The number of benzene rings is 1. The molecule has 0 aliphatic heterocycles. The van der Waals surface area contributed by atoms with Crippen LogP contribution < -0.4 is 0 Å². The molecule has 0 unspecified atom stereocenters. The van der Waals surface area contributed by atoms with Gasteiger partial charge < -0.3 is 8.83 Å². The van der Waals surface area contributed by atoms with Crippen molar-refractivity contribution in [2.75, 3.05) is 0 Å². The molecule has 0 saturated heterocycles. The van der Waals surface area contributed by atoms with Gasteiger partial charge in [0.05, 0.1) is 24.8 Å². The van der Waals surface area contributed by atoms with Crippen molar-refractivity contribution in [3.8, 4) is 22.7 Å². The van der Waals surface area contributed by atoms with E-state index in [0.717, 1.165) is 27.9 Å². The standard InChI is InChI=1S/C22H16ClN5O2S/c23-17-6-1-4-15(10-17)19-12-25-20(30-19)14-31-22-27-26-21(16-5-2-8-24-11-16)28(22)13-18-7-3-9-29-18/h1-12H,13-14H2. The van der Waals surface area contributed by atoms with Crippen molar-refractivity contribution in [2.45, 2.75) is 17.5 Å². The molecule has 0 spiro atoms. The summed E-state index contributed by atoms with van der Waals surface area (Å²) in [6.07, 6.45) is 6.85. The first-order valence-electron chi connectivity index (χ1n) is 9.46. The fourth-order valence-electron chi connectivity index (χ4n) is 3.08. The van der Waals surface area contributed by atoms with Gasteiger partial charge in [0.25, 0.3) is 0 Å². The van der Waals surface area contributed by atoms with E-state index < -0.39 is 0 Å². The minimum Gasteiger partial charge on any atom is -0.467 e. The van der Waals surface area contributed by atoms with Crippen molar-refractivity contribution in [1.29, 1.82) is 0 Å². The summed E-state index contributed by atoms with van der Waals surface area (Å²) in [6.45, 7) is 0.506. The molecule has 0 radical (unpaired) electrons. The Morgan fingerprint density at radius 1 is 1.00 bits per heavy atom. The van der Waals surface area contributed by atoms with Gasteiger partial charge in [0.2, 0.25) is 5.89 Å². The summed E-state index contributed by atoms with van der Waals surface area (Å²) in [5.74, 6) is 3.30. The van der Waals surface area contributed by atoms with Crippen molar-refractivity contribution in [3.63, 3.8) is 0 Å². The van der Waals surface area contributed by atoms with E-state index in [2.05, 4.69) is 20.2 Å². The van der Waals surface area contributed by atoms with E-state index in [4.69, 9.17) is 20.4 Å². The number of furan rings is 1. The highest BCUT2D eigenvalue weighted by Crippen LogP contribution is 2.29. The van der Waals surface area contributed by atoms with Gasteiger partial charge in [0.1, 0.15) is 5.76 Å². The topological polar surface area (TPSA) is 82.8 Å². The molecule has 0 aliphatic carbocycles. The van der Waals surface area contributed by atoms with Crippen LogP contribution >= 0.6 is 23.4 Å². The lowest BCUT2D eigenvalue weighted by molar-refractivity contribution is 0.485. The third-order valence-corrected chi connectivity index (χ3v) is 5.70. The van der Waals surface area contributed by atoms with Crippen LogP contribution in [-0.2, 0) is 12.3 Å². The molecule has 5 rings (SSSR count). The van der Waals surface area contributed by atoms with Crippen LogP contribution in [-0.4, -0.2) is 24.7 Å². The molecule has 4 heterocycles. The van der Waals surface area contributed by atoms with E-state index in [9.17, 15) is 0 Å². The second-order valence-electron chi connectivity index (χ2n) is 6.63. The van der Waals surface area contributed by atoms with Crippen LogP contribution in [0.3, 0.4) is 0 Å². The number of nitrogens with zero attached hydrogens (tertiary/aromatic N) is 5. The summed E-state index contributed by atoms with van der Waals surface area (Å²) >= 11 is 7.57. The fraction of sp³-hybridized carbons (Fsp3) is 0.0909. The Labute approximate surface area is 187 Å². The minimum absolute atomic E-state index is 0.504. The molecule has 7 nitrogen and oxygen atoms in total. The Hall–Kier alpha value is -3.36. The number of pyridine rings is 1. The molecule has 0 amide bonds. The van der Waals surface area contributed by atoms with Gasteiger partial charge in [-0.2, -0.15) is 0 Å². The summed E-state index contributed by atoms with van der Waals surface area (Å²) in [5.41, 5.74) is 1.77. The first-order valence-corrected chi connectivity index (χ1v) is 10.8. The van der Waals surface area contributed by atoms with Crippen LogP contribution in [0, 0.1) is 0 Å². The number of oxazole rings is 1. The summed E-state index contributed by atoms with van der Waals surface area (Å²) in [4.78, 5) is 8.59. The van der Waals surface area contributed by atoms with Crippen LogP contribution in [0.5, 0.6) is 0 Å². The lowest BCUT2D eigenvalue weighted by Crippen LogP contribution is -2.03. The zero-order valence-corrected chi connectivity index (χ0v) is 17.8. The zero-order chi connectivity index (χ0) is 21.0. The first-order chi connectivity index (χ1) is 15.3. The van der Waals surface area contributed by atoms with Crippen molar-refractivity contribution < 1.29 is 8.83 Å². The highest BCUT2D eigenvalue weighted by molar-refractivity contribution is 7.98. The van der Waals surface area contributed by atoms with Crippen molar-refractivity contribution in [1.82, 2.24) is 24.7 Å². The zero-order valence-electron chi connectivity index (χ0n) is 16.2. The number of hydrogen-bond donors (Lipinski definition) is 0. The van der Waals surface area contributed by atoms with E-state index in [0.29, 0.717) is 29.0 Å². The van der Waals surface area contributed by atoms with Gasteiger partial charge in [0, 0.05) is 28.5 Å². The quantitative estimate of drug-likeness (QED) is 0.300.